The lowest BCUT2D eigenvalue weighted by molar-refractivity contribution is -0.121. The molecule has 138 valence electrons. The van der Waals surface area contributed by atoms with Gasteiger partial charge in [0.25, 0.3) is 0 Å². The lowest BCUT2D eigenvalue weighted by atomic mass is 9.88. The van der Waals surface area contributed by atoms with Gasteiger partial charge in [0.1, 0.15) is 0 Å². The zero-order valence-corrected chi connectivity index (χ0v) is 15.6. The zero-order chi connectivity index (χ0) is 18.2. The second-order valence-corrected chi connectivity index (χ2v) is 6.96. The Bertz CT molecular complexity index is 685. The SMILES string of the molecule is O=C(C[C@H](c1ccccc1)c1ccc(Cl)cc1)NCCN1CCOCC1. The number of carbonyl (C=O) groups excluding carboxylic acids is 1. The highest BCUT2D eigenvalue weighted by Crippen LogP contribution is 2.28. The lowest BCUT2D eigenvalue weighted by Gasteiger charge is -2.26. The van der Waals surface area contributed by atoms with Crippen LogP contribution in [0.2, 0.25) is 5.02 Å². The summed E-state index contributed by atoms with van der Waals surface area (Å²) in [6.07, 6.45) is 0.425. The van der Waals surface area contributed by atoms with Crippen LogP contribution in [0.15, 0.2) is 54.6 Å². The van der Waals surface area contributed by atoms with E-state index in [-0.39, 0.29) is 11.8 Å². The topological polar surface area (TPSA) is 41.6 Å². The Morgan fingerprint density at radius 2 is 1.69 bits per heavy atom. The number of halogens is 1. The van der Waals surface area contributed by atoms with Crippen molar-refractivity contribution in [3.05, 3.63) is 70.7 Å². The van der Waals surface area contributed by atoms with Crippen LogP contribution >= 0.6 is 11.6 Å². The van der Waals surface area contributed by atoms with E-state index in [4.69, 9.17) is 16.3 Å². The van der Waals surface area contributed by atoms with Crippen molar-refractivity contribution in [3.8, 4) is 0 Å². The van der Waals surface area contributed by atoms with Gasteiger partial charge in [-0.05, 0) is 23.3 Å². The minimum Gasteiger partial charge on any atom is -0.379 e. The van der Waals surface area contributed by atoms with Gasteiger partial charge in [0.15, 0.2) is 0 Å². The minimum atomic E-state index is 0.0249. The third-order valence-electron chi connectivity index (χ3n) is 4.72. The molecule has 0 unspecified atom stereocenters. The van der Waals surface area contributed by atoms with Gasteiger partial charge in [-0.25, -0.2) is 0 Å². The van der Waals surface area contributed by atoms with E-state index in [1.165, 1.54) is 0 Å². The first kappa shape index (κ1) is 18.9. The third kappa shape index (κ3) is 5.56. The number of ether oxygens (including phenoxy) is 1. The monoisotopic (exact) mass is 372 g/mol. The largest absolute Gasteiger partial charge is 0.379 e. The molecule has 2 aromatic carbocycles. The van der Waals surface area contributed by atoms with Crippen molar-refractivity contribution in [1.29, 1.82) is 0 Å². The second-order valence-electron chi connectivity index (χ2n) is 6.52. The predicted molar refractivity (Wildman–Crippen MR) is 105 cm³/mol. The summed E-state index contributed by atoms with van der Waals surface area (Å²) < 4.78 is 5.35. The highest BCUT2D eigenvalue weighted by molar-refractivity contribution is 6.30. The van der Waals surface area contributed by atoms with Crippen LogP contribution in [0.3, 0.4) is 0 Å². The number of amides is 1. The second kappa shape index (κ2) is 9.72. The summed E-state index contributed by atoms with van der Waals surface area (Å²) in [5, 5.41) is 3.77. The molecule has 0 saturated carbocycles. The van der Waals surface area contributed by atoms with E-state index in [0.717, 1.165) is 44.0 Å². The summed E-state index contributed by atoms with van der Waals surface area (Å²) >= 11 is 6.02. The Kier molecular flexibility index (Phi) is 7.06. The fourth-order valence-electron chi connectivity index (χ4n) is 3.24. The molecule has 3 rings (SSSR count). The lowest BCUT2D eigenvalue weighted by Crippen LogP contribution is -2.41. The normalized spacial score (nSPS) is 16.2. The molecule has 26 heavy (non-hydrogen) atoms. The van der Waals surface area contributed by atoms with Gasteiger partial charge in [-0.3, -0.25) is 9.69 Å². The molecule has 5 heteroatoms. The molecule has 1 amide bonds. The average molecular weight is 373 g/mol. The van der Waals surface area contributed by atoms with Crippen LogP contribution in [-0.2, 0) is 9.53 Å². The van der Waals surface area contributed by atoms with Crippen molar-refractivity contribution in [2.45, 2.75) is 12.3 Å². The summed E-state index contributed by atoms with van der Waals surface area (Å²) in [7, 11) is 0. The van der Waals surface area contributed by atoms with Crippen LogP contribution in [0.5, 0.6) is 0 Å². The van der Waals surface area contributed by atoms with Crippen molar-refractivity contribution in [3.63, 3.8) is 0 Å². The van der Waals surface area contributed by atoms with E-state index in [2.05, 4.69) is 22.3 Å². The van der Waals surface area contributed by atoms with E-state index in [0.29, 0.717) is 18.0 Å². The quantitative estimate of drug-likeness (QED) is 0.810. The Labute approximate surface area is 160 Å². The highest BCUT2D eigenvalue weighted by atomic mass is 35.5. The third-order valence-corrected chi connectivity index (χ3v) is 4.97. The van der Waals surface area contributed by atoms with E-state index in [9.17, 15) is 4.79 Å². The molecule has 1 atom stereocenters. The standard InChI is InChI=1S/C21H25ClN2O2/c22-19-8-6-18(7-9-19)20(17-4-2-1-3-5-17)16-21(25)23-10-11-24-12-14-26-15-13-24/h1-9,20H,10-16H2,(H,23,25)/t20-/m1/s1. The van der Waals surface area contributed by atoms with Crippen LogP contribution in [0, 0.1) is 0 Å². The Morgan fingerprint density at radius 1 is 1.04 bits per heavy atom. The number of nitrogens with one attached hydrogen (secondary N) is 1. The van der Waals surface area contributed by atoms with E-state index < -0.39 is 0 Å². The Balaban J connectivity index is 1.60. The van der Waals surface area contributed by atoms with E-state index in [1.54, 1.807) is 0 Å². The van der Waals surface area contributed by atoms with Crippen molar-refractivity contribution < 1.29 is 9.53 Å². The highest BCUT2D eigenvalue weighted by Gasteiger charge is 2.18. The fraction of sp³-hybridized carbons (Fsp3) is 0.381. The van der Waals surface area contributed by atoms with Gasteiger partial charge in [0.05, 0.1) is 13.2 Å². The molecule has 0 aliphatic carbocycles. The predicted octanol–water partition coefficient (Wildman–Crippen LogP) is 3.31. The molecule has 1 aliphatic heterocycles. The van der Waals surface area contributed by atoms with Crippen LogP contribution < -0.4 is 5.32 Å². The van der Waals surface area contributed by atoms with Gasteiger partial charge in [-0.2, -0.15) is 0 Å². The van der Waals surface area contributed by atoms with E-state index in [1.807, 2.05) is 42.5 Å². The Hall–Kier alpha value is -1.88. The van der Waals surface area contributed by atoms with Crippen molar-refractivity contribution in [1.82, 2.24) is 10.2 Å². The number of nitrogens with zero attached hydrogens (tertiary/aromatic N) is 1. The summed E-state index contributed by atoms with van der Waals surface area (Å²) in [5.41, 5.74) is 2.24. The van der Waals surface area contributed by atoms with E-state index >= 15 is 0 Å². The van der Waals surface area contributed by atoms with Gasteiger partial charge < -0.3 is 10.1 Å². The molecule has 0 aromatic heterocycles. The number of morpholine rings is 1. The number of benzene rings is 2. The number of hydrogen-bond acceptors (Lipinski definition) is 3. The first-order valence-corrected chi connectivity index (χ1v) is 9.47. The summed E-state index contributed by atoms with van der Waals surface area (Å²) in [6, 6.07) is 17.9. The van der Waals surface area contributed by atoms with Crippen LogP contribution in [0.1, 0.15) is 23.5 Å². The summed E-state index contributed by atoms with van der Waals surface area (Å²) in [4.78, 5) is 14.8. The maximum absolute atomic E-state index is 12.5. The molecule has 1 saturated heterocycles. The summed E-state index contributed by atoms with van der Waals surface area (Å²) in [6.45, 7) is 4.97. The molecule has 0 bridgehead atoms. The van der Waals surface area contributed by atoms with Crippen molar-refractivity contribution in [2.24, 2.45) is 0 Å². The van der Waals surface area contributed by atoms with Crippen LogP contribution in [-0.4, -0.2) is 50.2 Å². The molecular weight excluding hydrogens is 348 g/mol. The molecule has 0 radical (unpaired) electrons. The van der Waals surface area contributed by atoms with Crippen LogP contribution in [0.25, 0.3) is 0 Å². The van der Waals surface area contributed by atoms with Gasteiger partial charge in [-0.1, -0.05) is 54.1 Å². The first-order chi connectivity index (χ1) is 12.7. The average Bonchev–Trinajstić information content (AvgIpc) is 2.68. The number of hydrogen-bond donors (Lipinski definition) is 1. The Morgan fingerprint density at radius 3 is 2.38 bits per heavy atom. The molecule has 0 spiro atoms. The molecule has 1 N–H and O–H groups in total. The maximum atomic E-state index is 12.5. The van der Waals surface area contributed by atoms with Crippen LogP contribution in [0.4, 0.5) is 0 Å². The molecule has 4 nitrogen and oxygen atoms in total. The minimum absolute atomic E-state index is 0.0249. The molecule has 1 heterocycles. The molecule has 1 fully saturated rings. The molecular formula is C21H25ClN2O2. The van der Waals surface area contributed by atoms with Crippen molar-refractivity contribution in [2.75, 3.05) is 39.4 Å². The van der Waals surface area contributed by atoms with Gasteiger partial charge in [0.2, 0.25) is 5.91 Å². The van der Waals surface area contributed by atoms with Gasteiger partial charge in [-0.15, -0.1) is 0 Å². The van der Waals surface area contributed by atoms with Crippen molar-refractivity contribution >= 4 is 17.5 Å². The molecule has 1 aliphatic rings. The fourth-order valence-corrected chi connectivity index (χ4v) is 3.37. The zero-order valence-electron chi connectivity index (χ0n) is 14.9. The first-order valence-electron chi connectivity index (χ1n) is 9.09. The van der Waals surface area contributed by atoms with Gasteiger partial charge >= 0.3 is 0 Å². The smallest absolute Gasteiger partial charge is 0.220 e. The number of rotatable bonds is 7. The number of carbonyl (C=O) groups is 1. The van der Waals surface area contributed by atoms with Gasteiger partial charge in [0, 0.05) is 43.5 Å². The maximum Gasteiger partial charge on any atom is 0.220 e. The summed E-state index contributed by atoms with van der Waals surface area (Å²) in [5.74, 6) is 0.0962. The molecule has 2 aromatic rings.